The van der Waals surface area contributed by atoms with E-state index in [0.29, 0.717) is 0 Å². The second kappa shape index (κ2) is 7.89. The highest BCUT2D eigenvalue weighted by Crippen LogP contribution is 2.38. The van der Waals surface area contributed by atoms with Crippen molar-refractivity contribution in [3.63, 3.8) is 0 Å². The molecule has 0 N–H and O–H groups in total. The number of fused-ring (bicyclic) bond motifs is 1. The standard InChI is InChI=1S/C18H16F5N3O3S/c1-2-30(28,29)13-4-3-7-24-15(13)11-8-10-5-6-14(27)26(12(10)9-25-11)17(21)18(22,23)16(19)20/h3-4,7-9,16-17H,2,5-6H2,1H3. The molecule has 3 rings (SSSR count). The fourth-order valence-corrected chi connectivity index (χ4v) is 4.10. The maximum atomic E-state index is 14.3. The first-order chi connectivity index (χ1) is 14.0. The molecule has 0 saturated carbocycles. The number of hydrogen-bond acceptors (Lipinski definition) is 5. The highest BCUT2D eigenvalue weighted by Gasteiger charge is 2.54. The van der Waals surface area contributed by atoms with E-state index < -0.39 is 40.8 Å². The van der Waals surface area contributed by atoms with Crippen molar-refractivity contribution in [3.05, 3.63) is 36.2 Å². The molecule has 0 fully saturated rings. The summed E-state index contributed by atoms with van der Waals surface area (Å²) < 4.78 is 91.2. The molecular formula is C18H16F5N3O3S. The van der Waals surface area contributed by atoms with E-state index in [9.17, 15) is 35.2 Å². The van der Waals surface area contributed by atoms with Crippen molar-refractivity contribution in [2.45, 2.75) is 43.3 Å². The summed E-state index contributed by atoms with van der Waals surface area (Å²) in [7, 11) is -3.67. The first-order valence-electron chi connectivity index (χ1n) is 8.79. The summed E-state index contributed by atoms with van der Waals surface area (Å²) in [5.74, 6) is -6.37. The Hall–Kier alpha value is -2.63. The number of sulfone groups is 1. The average Bonchev–Trinajstić information content (AvgIpc) is 2.72. The lowest BCUT2D eigenvalue weighted by atomic mass is 10.0. The minimum atomic E-state index is -5.08. The average molecular weight is 449 g/mol. The van der Waals surface area contributed by atoms with Gasteiger partial charge in [0.15, 0.2) is 9.84 Å². The third-order valence-corrected chi connectivity index (χ3v) is 6.43. The van der Waals surface area contributed by atoms with Gasteiger partial charge in [-0.3, -0.25) is 19.7 Å². The Bertz CT molecular complexity index is 1080. The monoisotopic (exact) mass is 449 g/mol. The summed E-state index contributed by atoms with van der Waals surface area (Å²) in [5, 5.41) is 0. The minimum absolute atomic E-state index is 0.000286. The van der Waals surface area contributed by atoms with E-state index >= 15 is 0 Å². The second-order valence-corrected chi connectivity index (χ2v) is 8.77. The van der Waals surface area contributed by atoms with Crippen LogP contribution in [0, 0.1) is 0 Å². The predicted molar refractivity (Wildman–Crippen MR) is 96.8 cm³/mol. The van der Waals surface area contributed by atoms with Crippen molar-refractivity contribution in [2.75, 3.05) is 10.7 Å². The third-order valence-electron chi connectivity index (χ3n) is 4.67. The molecule has 0 radical (unpaired) electrons. The molecule has 1 unspecified atom stereocenters. The zero-order valence-electron chi connectivity index (χ0n) is 15.5. The number of aryl methyl sites for hydroxylation is 1. The van der Waals surface area contributed by atoms with Gasteiger partial charge >= 0.3 is 12.3 Å². The minimum Gasteiger partial charge on any atom is -0.274 e. The van der Waals surface area contributed by atoms with Gasteiger partial charge in [0.1, 0.15) is 5.69 Å². The van der Waals surface area contributed by atoms with E-state index in [1.165, 1.54) is 31.3 Å². The SMILES string of the molecule is CCS(=O)(=O)c1cccnc1-c1cc2c(cn1)N(C(F)C(F)(F)C(F)F)C(=O)CC2. The molecule has 0 aliphatic carbocycles. The first-order valence-corrected chi connectivity index (χ1v) is 10.4. The number of carbonyl (C=O) groups is 1. The van der Waals surface area contributed by atoms with Crippen LogP contribution in [0.2, 0.25) is 0 Å². The van der Waals surface area contributed by atoms with E-state index in [1.54, 1.807) is 0 Å². The molecule has 12 heteroatoms. The fraction of sp³-hybridized carbons (Fsp3) is 0.389. The number of rotatable bonds is 6. The Morgan fingerprint density at radius 1 is 1.20 bits per heavy atom. The van der Waals surface area contributed by atoms with Crippen LogP contribution in [0.3, 0.4) is 0 Å². The summed E-state index contributed by atoms with van der Waals surface area (Å²) in [5.41, 5.74) is -0.136. The Morgan fingerprint density at radius 2 is 1.90 bits per heavy atom. The van der Waals surface area contributed by atoms with Crippen molar-refractivity contribution < 1.29 is 35.2 Å². The summed E-state index contributed by atoms with van der Waals surface area (Å²) in [4.78, 5) is 19.9. The number of amides is 1. The van der Waals surface area contributed by atoms with Gasteiger partial charge in [0.2, 0.25) is 12.2 Å². The molecule has 2 aromatic rings. The number of anilines is 1. The molecule has 0 aromatic carbocycles. The zero-order valence-corrected chi connectivity index (χ0v) is 16.3. The fourth-order valence-electron chi connectivity index (χ4n) is 3.05. The van der Waals surface area contributed by atoms with E-state index in [2.05, 4.69) is 9.97 Å². The molecule has 3 heterocycles. The molecule has 1 aliphatic heterocycles. The van der Waals surface area contributed by atoms with Gasteiger partial charge in [-0.15, -0.1) is 0 Å². The number of hydrogen-bond donors (Lipinski definition) is 0. The van der Waals surface area contributed by atoms with Crippen molar-refractivity contribution in [3.8, 4) is 11.4 Å². The van der Waals surface area contributed by atoms with Gasteiger partial charge in [0.25, 0.3) is 0 Å². The number of alkyl halides is 5. The van der Waals surface area contributed by atoms with E-state index in [4.69, 9.17) is 0 Å². The second-order valence-electron chi connectivity index (χ2n) is 6.53. The third kappa shape index (κ3) is 3.75. The highest BCUT2D eigenvalue weighted by molar-refractivity contribution is 7.91. The quantitative estimate of drug-likeness (QED) is 0.499. The van der Waals surface area contributed by atoms with Crippen molar-refractivity contribution >= 4 is 21.4 Å². The molecule has 0 saturated heterocycles. The molecule has 0 spiro atoms. The van der Waals surface area contributed by atoms with Crippen molar-refractivity contribution in [1.82, 2.24) is 9.97 Å². The summed E-state index contributed by atoms with van der Waals surface area (Å²) in [6.07, 6.45) is -6.06. The first kappa shape index (κ1) is 22.1. The van der Waals surface area contributed by atoms with E-state index in [0.717, 1.165) is 6.20 Å². The van der Waals surface area contributed by atoms with Crippen LogP contribution in [0.25, 0.3) is 11.4 Å². The molecular weight excluding hydrogens is 433 g/mol. The topological polar surface area (TPSA) is 80.2 Å². The van der Waals surface area contributed by atoms with E-state index in [1.807, 2.05) is 0 Å². The molecule has 162 valence electrons. The van der Waals surface area contributed by atoms with Gasteiger partial charge in [0.05, 0.1) is 28.2 Å². The Morgan fingerprint density at radius 3 is 2.53 bits per heavy atom. The largest absolute Gasteiger partial charge is 0.356 e. The number of carbonyl (C=O) groups excluding carboxylic acids is 1. The van der Waals surface area contributed by atoms with Gasteiger partial charge in [-0.25, -0.2) is 21.6 Å². The van der Waals surface area contributed by atoms with Crippen LogP contribution in [0.15, 0.2) is 35.5 Å². The molecule has 1 atom stereocenters. The van der Waals surface area contributed by atoms with Gasteiger partial charge < -0.3 is 0 Å². The summed E-state index contributed by atoms with van der Waals surface area (Å²) in [6, 6.07) is 4.04. The van der Waals surface area contributed by atoms with Crippen LogP contribution in [0.5, 0.6) is 0 Å². The maximum Gasteiger partial charge on any atom is 0.356 e. The van der Waals surface area contributed by atoms with Gasteiger partial charge in [-0.1, -0.05) is 6.92 Å². The van der Waals surface area contributed by atoms with Crippen LogP contribution in [-0.4, -0.2) is 48.7 Å². The normalized spacial score (nSPS) is 16.0. The Kier molecular flexibility index (Phi) is 5.81. The molecule has 1 amide bonds. The van der Waals surface area contributed by atoms with Crippen LogP contribution >= 0.6 is 0 Å². The number of pyridine rings is 2. The van der Waals surface area contributed by atoms with Gasteiger partial charge in [0, 0.05) is 12.6 Å². The molecule has 6 nitrogen and oxygen atoms in total. The van der Waals surface area contributed by atoms with Gasteiger partial charge in [-0.05, 0) is 30.2 Å². The smallest absolute Gasteiger partial charge is 0.274 e. The zero-order chi connectivity index (χ0) is 22.3. The number of halogens is 5. The maximum absolute atomic E-state index is 14.3. The Balaban J connectivity index is 2.09. The van der Waals surface area contributed by atoms with Crippen LogP contribution < -0.4 is 4.90 Å². The lowest BCUT2D eigenvalue weighted by Gasteiger charge is -2.34. The molecule has 1 aliphatic rings. The molecule has 0 bridgehead atoms. The molecule has 30 heavy (non-hydrogen) atoms. The number of nitrogens with zero attached hydrogens (tertiary/aromatic N) is 3. The van der Waals surface area contributed by atoms with Crippen molar-refractivity contribution in [1.29, 1.82) is 0 Å². The van der Waals surface area contributed by atoms with Crippen LogP contribution in [0.4, 0.5) is 27.6 Å². The van der Waals surface area contributed by atoms with Crippen molar-refractivity contribution in [2.24, 2.45) is 0 Å². The summed E-state index contributed by atoms with van der Waals surface area (Å²) >= 11 is 0. The van der Waals surface area contributed by atoms with Crippen LogP contribution in [-0.2, 0) is 21.1 Å². The lowest BCUT2D eigenvalue weighted by molar-refractivity contribution is -0.173. The lowest BCUT2D eigenvalue weighted by Crippen LogP contribution is -2.53. The predicted octanol–water partition coefficient (Wildman–Crippen LogP) is 3.41. The molecule has 2 aromatic heterocycles. The highest BCUT2D eigenvalue weighted by atomic mass is 32.2. The van der Waals surface area contributed by atoms with E-state index in [-0.39, 0.29) is 44.6 Å². The number of aromatic nitrogens is 2. The van der Waals surface area contributed by atoms with Gasteiger partial charge in [-0.2, -0.15) is 8.78 Å². The van der Waals surface area contributed by atoms with Crippen LogP contribution in [0.1, 0.15) is 18.9 Å². The Labute approximate surface area is 168 Å². The summed E-state index contributed by atoms with van der Waals surface area (Å²) in [6.45, 7) is 1.44.